The van der Waals surface area contributed by atoms with Crippen molar-refractivity contribution in [2.75, 3.05) is 6.61 Å². The average Bonchev–Trinajstić information content (AvgIpc) is 2.30. The number of phenolic OH excluding ortho intramolecular Hbond substituents is 1. The largest absolute Gasteiger partial charge is 0.508 e. The van der Waals surface area contributed by atoms with E-state index in [0.717, 1.165) is 11.1 Å². The second-order valence-corrected chi connectivity index (χ2v) is 3.47. The van der Waals surface area contributed by atoms with Crippen molar-refractivity contribution in [1.82, 2.24) is 5.32 Å². The molecule has 0 fully saturated rings. The van der Waals surface area contributed by atoms with Crippen molar-refractivity contribution in [3.8, 4) is 5.75 Å². The fourth-order valence-electron chi connectivity index (χ4n) is 1.56. The van der Waals surface area contributed by atoms with Gasteiger partial charge in [-0.25, -0.2) is 0 Å². The van der Waals surface area contributed by atoms with Crippen LogP contribution in [0, 0.1) is 0 Å². The number of aromatic hydroxyl groups is 1. The Morgan fingerprint density at radius 2 is 1.93 bits per heavy atom. The van der Waals surface area contributed by atoms with Gasteiger partial charge in [0.15, 0.2) is 0 Å². The molecule has 0 spiro atoms. The minimum absolute atomic E-state index is 0.0484. The van der Waals surface area contributed by atoms with Crippen LogP contribution in [0.3, 0.4) is 0 Å². The van der Waals surface area contributed by atoms with Crippen LogP contribution in [-0.4, -0.2) is 16.8 Å². The van der Waals surface area contributed by atoms with E-state index in [-0.39, 0.29) is 18.4 Å². The van der Waals surface area contributed by atoms with E-state index in [9.17, 15) is 0 Å². The van der Waals surface area contributed by atoms with Crippen molar-refractivity contribution in [1.29, 1.82) is 0 Å². The summed E-state index contributed by atoms with van der Waals surface area (Å²) in [7, 11) is 0. The Hall–Kier alpha value is -1.74. The second kappa shape index (κ2) is 4.19. The number of hydrogen-bond acceptors (Lipinski definition) is 3. The summed E-state index contributed by atoms with van der Waals surface area (Å²) in [5.41, 5.74) is 1.95. The monoisotopic (exact) mass is 203 g/mol. The number of hydrogen-bond donors (Lipinski definition) is 3. The van der Waals surface area contributed by atoms with Gasteiger partial charge in [-0.1, -0.05) is 18.2 Å². The molecule has 2 rings (SSSR count). The Bertz CT molecular complexity index is 393. The standard InChI is InChI=1S/C12H13NO2/c14-8-9-5-6-13-12(7-9)10-1-3-11(15)4-2-10/h1-7,12-15H,8H2. The summed E-state index contributed by atoms with van der Waals surface area (Å²) in [5.74, 6) is 0.261. The van der Waals surface area contributed by atoms with Crippen LogP contribution in [-0.2, 0) is 0 Å². The summed E-state index contributed by atoms with van der Waals surface area (Å²) in [5, 5.41) is 21.3. The molecule has 1 heterocycles. The number of dihydropyridines is 1. The normalized spacial score (nSPS) is 19.5. The van der Waals surface area contributed by atoms with Gasteiger partial charge in [0.05, 0.1) is 12.6 Å². The van der Waals surface area contributed by atoms with E-state index >= 15 is 0 Å². The number of aliphatic hydroxyl groups is 1. The molecule has 1 atom stereocenters. The zero-order chi connectivity index (χ0) is 10.7. The molecule has 0 bridgehead atoms. The van der Waals surface area contributed by atoms with E-state index in [1.807, 2.05) is 30.5 Å². The molecule has 1 aromatic carbocycles. The summed E-state index contributed by atoms with van der Waals surface area (Å²) in [6.07, 6.45) is 5.63. The van der Waals surface area contributed by atoms with Crippen LogP contribution >= 0.6 is 0 Å². The first kappa shape index (κ1) is 9.80. The minimum atomic E-state index is 0.0484. The minimum Gasteiger partial charge on any atom is -0.508 e. The van der Waals surface area contributed by atoms with Gasteiger partial charge in [0.1, 0.15) is 5.75 Å². The lowest BCUT2D eigenvalue weighted by Crippen LogP contribution is -2.17. The second-order valence-electron chi connectivity index (χ2n) is 3.47. The van der Waals surface area contributed by atoms with Crippen LogP contribution in [0.5, 0.6) is 5.75 Å². The number of rotatable bonds is 2. The van der Waals surface area contributed by atoms with E-state index in [2.05, 4.69) is 5.32 Å². The number of phenols is 1. The third kappa shape index (κ3) is 2.19. The van der Waals surface area contributed by atoms with Crippen LogP contribution in [0.25, 0.3) is 0 Å². The Morgan fingerprint density at radius 1 is 1.20 bits per heavy atom. The first-order valence-corrected chi connectivity index (χ1v) is 4.82. The van der Waals surface area contributed by atoms with Crippen molar-refractivity contribution in [2.24, 2.45) is 0 Å². The van der Waals surface area contributed by atoms with Gasteiger partial charge in [-0.2, -0.15) is 0 Å². The van der Waals surface area contributed by atoms with Crippen LogP contribution in [0.4, 0.5) is 0 Å². The lowest BCUT2D eigenvalue weighted by Gasteiger charge is -2.18. The molecule has 3 heteroatoms. The van der Waals surface area contributed by atoms with Crippen molar-refractivity contribution in [2.45, 2.75) is 6.04 Å². The molecule has 0 radical (unpaired) electrons. The summed E-state index contributed by atoms with van der Waals surface area (Å²) >= 11 is 0. The maximum absolute atomic E-state index is 9.16. The number of nitrogens with one attached hydrogen (secondary N) is 1. The summed E-state index contributed by atoms with van der Waals surface area (Å²) in [6, 6.07) is 7.09. The van der Waals surface area contributed by atoms with Crippen LogP contribution in [0.15, 0.2) is 48.2 Å². The van der Waals surface area contributed by atoms with Gasteiger partial charge in [-0.3, -0.25) is 0 Å². The van der Waals surface area contributed by atoms with Gasteiger partial charge in [-0.05, 0) is 35.5 Å². The van der Waals surface area contributed by atoms with E-state index in [4.69, 9.17) is 10.2 Å². The molecule has 0 saturated carbocycles. The smallest absolute Gasteiger partial charge is 0.115 e. The molecule has 1 aliphatic heterocycles. The summed E-state index contributed by atoms with van der Waals surface area (Å²) in [6.45, 7) is 0.0484. The predicted molar refractivity (Wildman–Crippen MR) is 58.3 cm³/mol. The van der Waals surface area contributed by atoms with Crippen molar-refractivity contribution in [3.63, 3.8) is 0 Å². The molecule has 15 heavy (non-hydrogen) atoms. The molecule has 3 N–H and O–H groups in total. The highest BCUT2D eigenvalue weighted by Gasteiger charge is 2.10. The van der Waals surface area contributed by atoms with Gasteiger partial charge in [0.2, 0.25) is 0 Å². The average molecular weight is 203 g/mol. The molecule has 0 amide bonds. The van der Waals surface area contributed by atoms with E-state index < -0.39 is 0 Å². The van der Waals surface area contributed by atoms with Gasteiger partial charge in [0.25, 0.3) is 0 Å². The topological polar surface area (TPSA) is 52.5 Å². The number of aliphatic hydroxyl groups excluding tert-OH is 1. The van der Waals surface area contributed by atoms with E-state index in [1.165, 1.54) is 0 Å². The third-order valence-corrected chi connectivity index (χ3v) is 2.39. The van der Waals surface area contributed by atoms with Gasteiger partial charge >= 0.3 is 0 Å². The zero-order valence-corrected chi connectivity index (χ0v) is 8.22. The lowest BCUT2D eigenvalue weighted by atomic mass is 10.0. The molecule has 1 aliphatic rings. The van der Waals surface area contributed by atoms with E-state index in [1.54, 1.807) is 12.1 Å². The summed E-state index contributed by atoms with van der Waals surface area (Å²) in [4.78, 5) is 0. The van der Waals surface area contributed by atoms with Crippen molar-refractivity contribution >= 4 is 0 Å². The highest BCUT2D eigenvalue weighted by atomic mass is 16.3. The molecule has 1 aromatic rings. The zero-order valence-electron chi connectivity index (χ0n) is 8.22. The van der Waals surface area contributed by atoms with Crippen LogP contribution in [0.2, 0.25) is 0 Å². The fourth-order valence-corrected chi connectivity index (χ4v) is 1.56. The van der Waals surface area contributed by atoms with Gasteiger partial charge in [0, 0.05) is 0 Å². The first-order valence-electron chi connectivity index (χ1n) is 4.82. The molecule has 78 valence electrons. The maximum atomic E-state index is 9.16. The SMILES string of the molecule is OCC1=CC(c2ccc(O)cc2)NC=C1. The van der Waals surface area contributed by atoms with Crippen molar-refractivity contribution in [3.05, 3.63) is 53.8 Å². The molecule has 0 aliphatic carbocycles. The van der Waals surface area contributed by atoms with E-state index in [0.29, 0.717) is 0 Å². The Balaban J connectivity index is 2.22. The Morgan fingerprint density at radius 3 is 2.60 bits per heavy atom. The molecule has 0 aromatic heterocycles. The predicted octanol–water partition coefficient (Wildman–Crippen LogP) is 1.47. The summed E-state index contributed by atoms with van der Waals surface area (Å²) < 4.78 is 0. The Labute approximate surface area is 88.4 Å². The van der Waals surface area contributed by atoms with Gasteiger partial charge < -0.3 is 15.5 Å². The highest BCUT2D eigenvalue weighted by molar-refractivity contribution is 5.35. The fraction of sp³-hybridized carbons (Fsp3) is 0.167. The van der Waals surface area contributed by atoms with Crippen LogP contribution < -0.4 is 5.32 Å². The lowest BCUT2D eigenvalue weighted by molar-refractivity contribution is 0.333. The van der Waals surface area contributed by atoms with Crippen molar-refractivity contribution < 1.29 is 10.2 Å². The number of benzene rings is 1. The molecule has 0 saturated heterocycles. The molecular formula is C12H13NO2. The van der Waals surface area contributed by atoms with Gasteiger partial charge in [-0.15, -0.1) is 0 Å². The molecule has 1 unspecified atom stereocenters. The Kier molecular flexibility index (Phi) is 2.74. The third-order valence-electron chi connectivity index (χ3n) is 2.39. The molecule has 3 nitrogen and oxygen atoms in total. The maximum Gasteiger partial charge on any atom is 0.115 e. The quantitative estimate of drug-likeness (QED) is 0.682. The first-order chi connectivity index (χ1) is 7.29. The molecular weight excluding hydrogens is 190 g/mol. The highest BCUT2D eigenvalue weighted by Crippen LogP contribution is 2.21. The van der Waals surface area contributed by atoms with Crippen LogP contribution in [0.1, 0.15) is 11.6 Å².